The van der Waals surface area contributed by atoms with Gasteiger partial charge < -0.3 is 26.0 Å². The number of hydrogen-bond donors (Lipinski definition) is 4. The van der Waals surface area contributed by atoms with E-state index in [-0.39, 0.29) is 23.1 Å². The van der Waals surface area contributed by atoms with E-state index in [0.717, 1.165) is 44.2 Å². The number of pyridine rings is 1. The molecular weight excluding hydrogens is 508 g/mol. The first kappa shape index (κ1) is 25.6. The molecule has 3 heterocycles. The first-order chi connectivity index (χ1) is 18.4. The minimum absolute atomic E-state index is 0.0266. The highest BCUT2D eigenvalue weighted by Crippen LogP contribution is 2.30. The first-order valence-electron chi connectivity index (χ1n) is 12.7. The van der Waals surface area contributed by atoms with Gasteiger partial charge in [0.1, 0.15) is 11.0 Å². The third-order valence-corrected chi connectivity index (χ3v) is 6.75. The molecule has 2 fully saturated rings. The number of fused-ring (bicyclic) bond motifs is 1. The third kappa shape index (κ3) is 6.26. The summed E-state index contributed by atoms with van der Waals surface area (Å²) >= 11 is 5.95. The zero-order valence-corrected chi connectivity index (χ0v) is 21.7. The summed E-state index contributed by atoms with van der Waals surface area (Å²) in [5, 5.41) is 17.7. The maximum Gasteiger partial charge on any atom is 0.408 e. The second-order valence-electron chi connectivity index (χ2n) is 9.61. The second kappa shape index (κ2) is 11.1. The van der Waals surface area contributed by atoms with Crippen molar-refractivity contribution in [3.8, 4) is 12.3 Å². The van der Waals surface area contributed by atoms with Gasteiger partial charge in [0.15, 0.2) is 17.4 Å². The number of amides is 2. The first-order valence-corrected chi connectivity index (χ1v) is 13.0. The van der Waals surface area contributed by atoms with E-state index in [4.69, 9.17) is 27.9 Å². The topological polar surface area (TPSA) is 135 Å². The van der Waals surface area contributed by atoms with Gasteiger partial charge in [-0.2, -0.15) is 0 Å². The van der Waals surface area contributed by atoms with Crippen LogP contribution in [0.3, 0.4) is 0 Å². The van der Waals surface area contributed by atoms with Gasteiger partial charge in [-0.25, -0.2) is 19.3 Å². The highest BCUT2D eigenvalue weighted by atomic mass is 35.5. The van der Waals surface area contributed by atoms with E-state index in [1.165, 1.54) is 12.4 Å². The zero-order valence-electron chi connectivity index (χ0n) is 20.9. The molecule has 0 bridgehead atoms. The van der Waals surface area contributed by atoms with Gasteiger partial charge in [-0.3, -0.25) is 4.79 Å². The predicted molar refractivity (Wildman–Crippen MR) is 144 cm³/mol. The molecule has 4 N–H and O–H groups in total. The lowest BCUT2D eigenvalue weighted by Crippen LogP contribution is -2.41. The Bertz CT molecular complexity index is 1370. The fraction of sp³-hybridized carbons (Fsp3) is 0.423. The van der Waals surface area contributed by atoms with Gasteiger partial charge >= 0.3 is 6.09 Å². The van der Waals surface area contributed by atoms with Crippen LogP contribution >= 0.6 is 11.6 Å². The number of nitrogens with one attached hydrogen (secondary N) is 4. The van der Waals surface area contributed by atoms with Crippen LogP contribution in [0, 0.1) is 12.3 Å². The average Bonchev–Trinajstić information content (AvgIpc) is 3.60. The Morgan fingerprint density at radius 2 is 1.82 bits per heavy atom. The molecule has 2 aliphatic rings. The molecule has 5 rings (SSSR count). The van der Waals surface area contributed by atoms with E-state index >= 15 is 0 Å². The van der Waals surface area contributed by atoms with Crippen molar-refractivity contribution < 1.29 is 14.3 Å². The molecule has 38 heavy (non-hydrogen) atoms. The minimum Gasteiger partial charge on any atom is -0.433 e. The molecule has 1 atom stereocenters. The van der Waals surface area contributed by atoms with Crippen LogP contribution in [0.5, 0.6) is 0 Å². The summed E-state index contributed by atoms with van der Waals surface area (Å²) in [4.78, 5) is 33.5. The van der Waals surface area contributed by atoms with Crippen LogP contribution in [0.25, 0.3) is 5.65 Å². The van der Waals surface area contributed by atoms with Gasteiger partial charge in [0.25, 0.3) is 5.91 Å². The molecule has 2 amide bonds. The fourth-order valence-corrected chi connectivity index (χ4v) is 4.58. The fourth-order valence-electron chi connectivity index (χ4n) is 4.41. The molecule has 0 spiro atoms. The summed E-state index contributed by atoms with van der Waals surface area (Å²) in [7, 11) is 0. The van der Waals surface area contributed by atoms with Crippen molar-refractivity contribution in [3.05, 3.63) is 41.4 Å². The largest absolute Gasteiger partial charge is 0.433 e. The molecule has 198 valence electrons. The van der Waals surface area contributed by atoms with Gasteiger partial charge in [0.05, 0.1) is 11.9 Å². The summed E-state index contributed by atoms with van der Waals surface area (Å²) in [5.41, 5.74) is 2.21. The Kier molecular flexibility index (Phi) is 7.51. The van der Waals surface area contributed by atoms with Crippen molar-refractivity contribution in [2.75, 3.05) is 16.0 Å². The maximum absolute atomic E-state index is 13.1. The molecule has 11 nitrogen and oxygen atoms in total. The zero-order chi connectivity index (χ0) is 26.6. The molecule has 0 aromatic carbocycles. The van der Waals surface area contributed by atoms with Crippen molar-refractivity contribution in [3.63, 3.8) is 0 Å². The number of carbonyl (C=O) groups is 2. The van der Waals surface area contributed by atoms with Crippen LogP contribution in [0.4, 0.5) is 22.0 Å². The highest BCUT2D eigenvalue weighted by molar-refractivity contribution is 6.29. The number of ether oxygens (including phenoxy) is 1. The molecule has 0 aliphatic heterocycles. The van der Waals surface area contributed by atoms with Crippen LogP contribution in [-0.4, -0.2) is 55.8 Å². The van der Waals surface area contributed by atoms with E-state index in [9.17, 15) is 9.59 Å². The van der Waals surface area contributed by atoms with E-state index < -0.39 is 12.2 Å². The van der Waals surface area contributed by atoms with Gasteiger partial charge in [0.2, 0.25) is 0 Å². The lowest BCUT2D eigenvalue weighted by molar-refractivity contribution is 0.102. The molecule has 0 radical (unpaired) electrons. The molecule has 2 saturated carbocycles. The smallest absolute Gasteiger partial charge is 0.408 e. The molecule has 12 heteroatoms. The Labute approximate surface area is 225 Å². The summed E-state index contributed by atoms with van der Waals surface area (Å²) in [5.74, 6) is 2.65. The van der Waals surface area contributed by atoms with Crippen LogP contribution in [-0.2, 0) is 4.74 Å². The number of rotatable bonds is 8. The number of anilines is 3. The van der Waals surface area contributed by atoms with Crippen molar-refractivity contribution in [1.82, 2.24) is 24.9 Å². The molecule has 0 saturated heterocycles. The van der Waals surface area contributed by atoms with Gasteiger partial charge in [-0.15, -0.1) is 11.5 Å². The Morgan fingerprint density at radius 1 is 1.11 bits per heavy atom. The van der Waals surface area contributed by atoms with Crippen molar-refractivity contribution in [2.45, 2.75) is 69.7 Å². The Morgan fingerprint density at radius 3 is 2.53 bits per heavy atom. The maximum atomic E-state index is 13.1. The Balaban J connectivity index is 1.29. The number of aromatic nitrogens is 4. The normalized spacial score (nSPS) is 19.7. The number of nitrogens with zero attached hydrogens (tertiary/aromatic N) is 4. The summed E-state index contributed by atoms with van der Waals surface area (Å²) in [6.45, 7) is 1.65. The van der Waals surface area contributed by atoms with E-state index in [2.05, 4.69) is 37.2 Å². The van der Waals surface area contributed by atoms with Crippen LogP contribution < -0.4 is 21.3 Å². The van der Waals surface area contributed by atoms with Gasteiger partial charge in [-0.1, -0.05) is 17.5 Å². The van der Waals surface area contributed by atoms with Crippen LogP contribution in [0.1, 0.15) is 55.9 Å². The molecule has 3 aromatic rings. The summed E-state index contributed by atoms with van der Waals surface area (Å²) in [6.07, 6.45) is 12.7. The van der Waals surface area contributed by atoms with E-state index in [1.807, 2.05) is 6.07 Å². The van der Waals surface area contributed by atoms with Crippen molar-refractivity contribution in [1.29, 1.82) is 0 Å². The number of hydrogen-bond acceptors (Lipinski definition) is 8. The van der Waals surface area contributed by atoms with E-state index in [1.54, 1.807) is 23.6 Å². The number of imidazole rings is 1. The summed E-state index contributed by atoms with van der Waals surface area (Å²) in [6, 6.07) is 5.75. The second-order valence-corrected chi connectivity index (χ2v) is 10.0. The monoisotopic (exact) mass is 536 g/mol. The van der Waals surface area contributed by atoms with Crippen molar-refractivity contribution >= 4 is 46.4 Å². The number of terminal acetylenes is 1. The summed E-state index contributed by atoms with van der Waals surface area (Å²) < 4.78 is 6.67. The van der Waals surface area contributed by atoms with Crippen LogP contribution in [0.15, 0.2) is 30.6 Å². The molecule has 3 aromatic heterocycles. The predicted octanol–water partition coefficient (Wildman–Crippen LogP) is 4.08. The van der Waals surface area contributed by atoms with E-state index in [0.29, 0.717) is 28.9 Å². The minimum atomic E-state index is -0.565. The average molecular weight is 537 g/mol. The quantitative estimate of drug-likeness (QED) is 0.250. The number of alkyl carbamates (subject to hydrolysis) is 1. The number of halogens is 1. The SMILES string of the molecule is C#CC(C)OC(=O)N[C@H]1CC[C@H](Nc2cc(NC3CC3)c3ncc(C(=O)Nc4ccnc(Cl)c4)n3n2)CC1. The molecule has 1 unspecified atom stereocenters. The molecular formula is C26H29ClN8O3. The number of carbonyl (C=O) groups excluding carboxylic acids is 2. The van der Waals surface area contributed by atoms with Crippen molar-refractivity contribution in [2.24, 2.45) is 0 Å². The highest BCUT2D eigenvalue weighted by Gasteiger charge is 2.26. The lowest BCUT2D eigenvalue weighted by Gasteiger charge is -2.30. The van der Waals surface area contributed by atoms with Gasteiger partial charge in [0, 0.05) is 36.1 Å². The van der Waals surface area contributed by atoms with Crippen LogP contribution in [0.2, 0.25) is 5.15 Å². The van der Waals surface area contributed by atoms with Gasteiger partial charge in [-0.05, 0) is 57.6 Å². The lowest BCUT2D eigenvalue weighted by atomic mass is 9.91. The standard InChI is InChI=1S/C26H29ClN8O3/c1-3-15(2)38-26(37)33-18-8-6-17(7-9-18)31-23-13-20(30-16-4-5-16)24-29-14-21(35(24)34-23)25(36)32-19-10-11-28-22(27)12-19/h1,10-18,30H,4-9H2,2H3,(H,31,34)(H,33,37)(H,28,32,36)/t15?,17-,18-. The Hall–Kier alpha value is -4.04. The molecule has 2 aliphatic carbocycles. The third-order valence-electron chi connectivity index (χ3n) is 6.54.